The Labute approximate surface area is 104 Å². The second-order valence-corrected chi connectivity index (χ2v) is 4.73. The summed E-state index contributed by atoms with van der Waals surface area (Å²) < 4.78 is 6.66. The third-order valence-electron chi connectivity index (χ3n) is 2.79. The fourth-order valence-electron chi connectivity index (χ4n) is 1.86. The van der Waals surface area contributed by atoms with E-state index in [9.17, 15) is 4.79 Å². The molecule has 0 aliphatic carbocycles. The van der Waals surface area contributed by atoms with Crippen molar-refractivity contribution in [2.45, 2.75) is 19.8 Å². The first kappa shape index (κ1) is 11.5. The van der Waals surface area contributed by atoms with Crippen LogP contribution in [0.2, 0.25) is 0 Å². The fraction of sp³-hybridized carbons (Fsp3) is 0.417. The number of ether oxygens (including phenoxy) is 1. The maximum atomic E-state index is 11.7. The number of fused-ring (bicyclic) bond motifs is 1. The van der Waals surface area contributed by atoms with Crippen molar-refractivity contribution in [1.82, 2.24) is 0 Å². The van der Waals surface area contributed by atoms with Crippen LogP contribution in [0.5, 0.6) is 5.75 Å². The lowest BCUT2D eigenvalue weighted by atomic mass is 10.1. The number of benzene rings is 1. The van der Waals surface area contributed by atoms with Gasteiger partial charge in [-0.1, -0.05) is 22.9 Å². The molecule has 0 bridgehead atoms. The van der Waals surface area contributed by atoms with Crippen molar-refractivity contribution in [3.05, 3.63) is 22.2 Å². The predicted molar refractivity (Wildman–Crippen MR) is 67.0 cm³/mol. The van der Waals surface area contributed by atoms with E-state index in [0.717, 1.165) is 27.9 Å². The number of anilines is 1. The van der Waals surface area contributed by atoms with Crippen molar-refractivity contribution in [3.8, 4) is 5.75 Å². The summed E-state index contributed by atoms with van der Waals surface area (Å²) in [5.41, 5.74) is 1.99. The summed E-state index contributed by atoms with van der Waals surface area (Å²) in [6.07, 6.45) is 1.33. The van der Waals surface area contributed by atoms with Crippen LogP contribution in [0.3, 0.4) is 0 Å². The minimum absolute atomic E-state index is 0.0962. The third-order valence-corrected chi connectivity index (χ3v) is 3.25. The highest BCUT2D eigenvalue weighted by Crippen LogP contribution is 2.37. The van der Waals surface area contributed by atoms with Gasteiger partial charge in [0.25, 0.3) is 0 Å². The molecule has 0 spiro atoms. The molecule has 1 amide bonds. The standard InChI is InChI=1S/C12H14BrNO2/c1-3-8-6-9(13)7-10-12(8)16-5-4-11(15)14(10)2/h6-7H,3-5H2,1-2H3. The van der Waals surface area contributed by atoms with Crippen molar-refractivity contribution < 1.29 is 9.53 Å². The highest BCUT2D eigenvalue weighted by Gasteiger charge is 2.22. The van der Waals surface area contributed by atoms with Gasteiger partial charge >= 0.3 is 0 Å². The van der Waals surface area contributed by atoms with Gasteiger partial charge in [0.2, 0.25) is 5.91 Å². The van der Waals surface area contributed by atoms with Crippen LogP contribution in [-0.4, -0.2) is 19.6 Å². The largest absolute Gasteiger partial charge is 0.491 e. The van der Waals surface area contributed by atoms with E-state index >= 15 is 0 Å². The third kappa shape index (κ3) is 1.94. The zero-order valence-corrected chi connectivity index (χ0v) is 11.0. The average molecular weight is 284 g/mol. The highest BCUT2D eigenvalue weighted by molar-refractivity contribution is 9.10. The summed E-state index contributed by atoms with van der Waals surface area (Å²) in [7, 11) is 1.79. The summed E-state index contributed by atoms with van der Waals surface area (Å²) in [5, 5.41) is 0. The quantitative estimate of drug-likeness (QED) is 0.793. The van der Waals surface area contributed by atoms with E-state index in [0.29, 0.717) is 13.0 Å². The van der Waals surface area contributed by atoms with E-state index < -0.39 is 0 Å². The molecule has 4 heteroatoms. The topological polar surface area (TPSA) is 29.5 Å². The van der Waals surface area contributed by atoms with Crippen LogP contribution in [0, 0.1) is 0 Å². The Kier molecular flexibility index (Phi) is 3.19. The molecule has 1 aromatic rings. The molecule has 0 N–H and O–H groups in total. The number of nitrogens with zero attached hydrogens (tertiary/aromatic N) is 1. The molecule has 1 heterocycles. The first-order chi connectivity index (χ1) is 7.63. The molecule has 1 aromatic carbocycles. The van der Waals surface area contributed by atoms with E-state index in [1.807, 2.05) is 12.1 Å². The molecule has 1 aliphatic rings. The minimum atomic E-state index is 0.0962. The van der Waals surface area contributed by atoms with Gasteiger partial charge in [0.1, 0.15) is 5.75 Å². The molecule has 86 valence electrons. The number of aryl methyl sites for hydroxylation is 1. The molecular weight excluding hydrogens is 270 g/mol. The first-order valence-corrected chi connectivity index (χ1v) is 6.14. The van der Waals surface area contributed by atoms with Crippen LogP contribution in [0.15, 0.2) is 16.6 Å². The van der Waals surface area contributed by atoms with Gasteiger partial charge in [-0.25, -0.2) is 0 Å². The number of halogens is 1. The smallest absolute Gasteiger partial charge is 0.230 e. The molecule has 0 unspecified atom stereocenters. The van der Waals surface area contributed by atoms with Crippen molar-refractivity contribution in [1.29, 1.82) is 0 Å². The summed E-state index contributed by atoms with van der Waals surface area (Å²) in [6.45, 7) is 2.54. The summed E-state index contributed by atoms with van der Waals surface area (Å²) in [5.74, 6) is 0.943. The Morgan fingerprint density at radius 3 is 2.94 bits per heavy atom. The van der Waals surface area contributed by atoms with Gasteiger partial charge < -0.3 is 9.64 Å². The molecule has 3 nitrogen and oxygen atoms in total. The van der Waals surface area contributed by atoms with Gasteiger partial charge in [-0.15, -0.1) is 0 Å². The predicted octanol–water partition coefficient (Wildman–Crippen LogP) is 2.76. The van der Waals surface area contributed by atoms with Crippen molar-refractivity contribution >= 4 is 27.5 Å². The molecule has 2 rings (SSSR count). The molecule has 0 saturated carbocycles. The van der Waals surface area contributed by atoms with E-state index in [2.05, 4.69) is 22.9 Å². The average Bonchev–Trinajstić information content (AvgIpc) is 2.40. The lowest BCUT2D eigenvalue weighted by Gasteiger charge is -2.18. The van der Waals surface area contributed by atoms with Crippen molar-refractivity contribution in [2.24, 2.45) is 0 Å². The van der Waals surface area contributed by atoms with Gasteiger partial charge in [0, 0.05) is 11.5 Å². The van der Waals surface area contributed by atoms with Crippen LogP contribution >= 0.6 is 15.9 Å². The lowest BCUT2D eigenvalue weighted by Crippen LogP contribution is -2.25. The Morgan fingerprint density at radius 2 is 2.25 bits per heavy atom. The normalized spacial score (nSPS) is 15.4. The molecule has 0 radical (unpaired) electrons. The van der Waals surface area contributed by atoms with Crippen molar-refractivity contribution in [2.75, 3.05) is 18.6 Å². The fourth-order valence-corrected chi connectivity index (χ4v) is 2.35. The highest BCUT2D eigenvalue weighted by atomic mass is 79.9. The minimum Gasteiger partial charge on any atom is -0.491 e. The van der Waals surface area contributed by atoms with E-state index in [-0.39, 0.29) is 5.91 Å². The number of carbonyl (C=O) groups is 1. The molecule has 16 heavy (non-hydrogen) atoms. The number of carbonyl (C=O) groups excluding carboxylic acids is 1. The first-order valence-electron chi connectivity index (χ1n) is 5.35. The molecule has 0 fully saturated rings. The zero-order valence-electron chi connectivity index (χ0n) is 9.42. The monoisotopic (exact) mass is 283 g/mol. The second kappa shape index (κ2) is 4.45. The van der Waals surface area contributed by atoms with Gasteiger partial charge in [0.05, 0.1) is 18.7 Å². The van der Waals surface area contributed by atoms with Crippen LogP contribution in [-0.2, 0) is 11.2 Å². The van der Waals surface area contributed by atoms with Gasteiger partial charge in [-0.3, -0.25) is 4.79 Å². The van der Waals surface area contributed by atoms with Crippen LogP contribution in [0.1, 0.15) is 18.9 Å². The molecule has 0 atom stereocenters. The maximum Gasteiger partial charge on any atom is 0.230 e. The van der Waals surface area contributed by atoms with E-state index in [4.69, 9.17) is 4.74 Å². The van der Waals surface area contributed by atoms with Gasteiger partial charge in [-0.2, -0.15) is 0 Å². The maximum absolute atomic E-state index is 11.7. The van der Waals surface area contributed by atoms with Crippen LogP contribution in [0.4, 0.5) is 5.69 Å². The Morgan fingerprint density at radius 1 is 1.50 bits per heavy atom. The Bertz CT molecular complexity index is 431. The summed E-state index contributed by atoms with van der Waals surface area (Å²) >= 11 is 3.46. The zero-order chi connectivity index (χ0) is 11.7. The van der Waals surface area contributed by atoms with Gasteiger partial charge in [0.15, 0.2) is 0 Å². The van der Waals surface area contributed by atoms with Crippen LogP contribution < -0.4 is 9.64 Å². The SMILES string of the molecule is CCc1cc(Br)cc2c1OCCC(=O)N2C. The Hall–Kier alpha value is -1.03. The van der Waals surface area contributed by atoms with Gasteiger partial charge in [-0.05, 0) is 24.1 Å². The Balaban J connectivity index is 2.58. The molecular formula is C12H14BrNO2. The number of amides is 1. The second-order valence-electron chi connectivity index (χ2n) is 3.82. The number of hydrogen-bond acceptors (Lipinski definition) is 2. The van der Waals surface area contributed by atoms with Crippen LogP contribution in [0.25, 0.3) is 0 Å². The summed E-state index contributed by atoms with van der Waals surface area (Å²) in [4.78, 5) is 13.4. The summed E-state index contributed by atoms with van der Waals surface area (Å²) in [6, 6.07) is 3.97. The lowest BCUT2D eigenvalue weighted by molar-refractivity contribution is -0.118. The molecule has 1 aliphatic heterocycles. The van der Waals surface area contributed by atoms with E-state index in [1.165, 1.54) is 0 Å². The van der Waals surface area contributed by atoms with Crippen molar-refractivity contribution in [3.63, 3.8) is 0 Å². The molecule has 0 saturated heterocycles. The van der Waals surface area contributed by atoms with E-state index in [1.54, 1.807) is 11.9 Å². The molecule has 0 aromatic heterocycles. The number of hydrogen-bond donors (Lipinski definition) is 0. The number of rotatable bonds is 1.